The van der Waals surface area contributed by atoms with Gasteiger partial charge in [0, 0.05) is 12.1 Å². The van der Waals surface area contributed by atoms with Crippen LogP contribution >= 0.6 is 0 Å². The number of aromatic nitrogens is 1. The highest BCUT2D eigenvalue weighted by Crippen LogP contribution is 2.23. The second-order valence-electron chi connectivity index (χ2n) is 7.12. The first-order chi connectivity index (χ1) is 12.3. The quantitative estimate of drug-likeness (QED) is 0.608. The Hall–Kier alpha value is -2.50. The van der Waals surface area contributed by atoms with Gasteiger partial charge in [0.15, 0.2) is 5.96 Å². The molecule has 2 aromatic rings. The summed E-state index contributed by atoms with van der Waals surface area (Å²) in [5.74, 6) is 3.07. The average Bonchev–Trinajstić information content (AvgIpc) is 2.88. The molecule has 1 aromatic heterocycles. The van der Waals surface area contributed by atoms with E-state index >= 15 is 0 Å². The SMILES string of the molecule is CCNC(=NCc1ccccc1OC(C)(C)C)NCc1nc(C)c(C)o1. The Balaban J connectivity index is 2.06. The average molecular weight is 358 g/mol. The Morgan fingerprint density at radius 1 is 1.19 bits per heavy atom. The summed E-state index contributed by atoms with van der Waals surface area (Å²) in [6, 6.07) is 7.99. The molecule has 6 nitrogen and oxygen atoms in total. The molecular formula is C20H30N4O2. The van der Waals surface area contributed by atoms with Crippen molar-refractivity contribution in [3.8, 4) is 5.75 Å². The number of oxazole rings is 1. The maximum absolute atomic E-state index is 6.04. The van der Waals surface area contributed by atoms with E-state index in [4.69, 9.17) is 9.15 Å². The molecule has 0 atom stereocenters. The zero-order chi connectivity index (χ0) is 19.2. The van der Waals surface area contributed by atoms with Crippen molar-refractivity contribution in [1.29, 1.82) is 0 Å². The minimum atomic E-state index is -0.247. The summed E-state index contributed by atoms with van der Waals surface area (Å²) >= 11 is 0. The summed E-state index contributed by atoms with van der Waals surface area (Å²) < 4.78 is 11.6. The summed E-state index contributed by atoms with van der Waals surface area (Å²) in [6.45, 7) is 13.8. The fourth-order valence-corrected chi connectivity index (χ4v) is 2.34. The highest BCUT2D eigenvalue weighted by atomic mass is 16.5. The van der Waals surface area contributed by atoms with Crippen LogP contribution in [0.25, 0.3) is 0 Å². The van der Waals surface area contributed by atoms with Gasteiger partial charge in [0.05, 0.1) is 18.8 Å². The molecule has 0 unspecified atom stereocenters. The Kier molecular flexibility index (Phi) is 6.66. The molecule has 142 valence electrons. The fraction of sp³-hybridized carbons (Fsp3) is 0.500. The lowest BCUT2D eigenvalue weighted by Gasteiger charge is -2.23. The molecule has 0 saturated carbocycles. The van der Waals surface area contributed by atoms with Crippen LogP contribution in [0.5, 0.6) is 5.75 Å². The Labute approximate surface area is 156 Å². The van der Waals surface area contributed by atoms with Crippen LogP contribution < -0.4 is 15.4 Å². The molecule has 2 N–H and O–H groups in total. The molecule has 0 saturated heterocycles. The molecular weight excluding hydrogens is 328 g/mol. The van der Waals surface area contributed by atoms with Gasteiger partial charge in [0.1, 0.15) is 17.1 Å². The van der Waals surface area contributed by atoms with Crippen LogP contribution in [-0.2, 0) is 13.1 Å². The molecule has 1 aromatic carbocycles. The Morgan fingerprint density at radius 3 is 2.54 bits per heavy atom. The van der Waals surface area contributed by atoms with Crippen LogP contribution in [0.3, 0.4) is 0 Å². The van der Waals surface area contributed by atoms with Gasteiger partial charge in [0.25, 0.3) is 0 Å². The van der Waals surface area contributed by atoms with Crippen LogP contribution in [0.1, 0.15) is 50.6 Å². The van der Waals surface area contributed by atoms with Crippen molar-refractivity contribution < 1.29 is 9.15 Å². The standard InChI is InChI=1S/C20H30N4O2/c1-7-21-19(23-13-18-24-14(2)15(3)25-18)22-12-16-10-8-9-11-17(16)26-20(4,5)6/h8-11H,7,12-13H2,1-6H3,(H2,21,22,23). The van der Waals surface area contributed by atoms with Gasteiger partial charge in [-0.15, -0.1) is 0 Å². The smallest absolute Gasteiger partial charge is 0.214 e. The highest BCUT2D eigenvalue weighted by molar-refractivity contribution is 5.79. The maximum Gasteiger partial charge on any atom is 0.214 e. The van der Waals surface area contributed by atoms with Gasteiger partial charge in [-0.2, -0.15) is 0 Å². The molecule has 0 spiro atoms. The van der Waals surface area contributed by atoms with E-state index in [1.165, 1.54) is 0 Å². The van der Waals surface area contributed by atoms with Crippen LogP contribution in [0.4, 0.5) is 0 Å². The van der Waals surface area contributed by atoms with Crippen molar-refractivity contribution in [1.82, 2.24) is 15.6 Å². The molecule has 0 radical (unpaired) electrons. The molecule has 1 heterocycles. The largest absolute Gasteiger partial charge is 0.488 e. The minimum Gasteiger partial charge on any atom is -0.488 e. The van der Waals surface area contributed by atoms with Gasteiger partial charge < -0.3 is 19.8 Å². The van der Waals surface area contributed by atoms with Crippen molar-refractivity contribution >= 4 is 5.96 Å². The number of aliphatic imine (C=N–C) groups is 1. The van der Waals surface area contributed by atoms with Crippen LogP contribution in [0.2, 0.25) is 0 Å². The second-order valence-corrected chi connectivity index (χ2v) is 7.12. The van der Waals surface area contributed by atoms with E-state index in [0.29, 0.717) is 24.9 Å². The van der Waals surface area contributed by atoms with Crippen molar-refractivity contribution in [3.63, 3.8) is 0 Å². The minimum absolute atomic E-state index is 0.247. The zero-order valence-corrected chi connectivity index (χ0v) is 16.6. The molecule has 26 heavy (non-hydrogen) atoms. The molecule has 6 heteroatoms. The van der Waals surface area contributed by atoms with Gasteiger partial charge in [-0.1, -0.05) is 18.2 Å². The summed E-state index contributed by atoms with van der Waals surface area (Å²) in [4.78, 5) is 9.05. The number of rotatable bonds is 6. The van der Waals surface area contributed by atoms with E-state index in [0.717, 1.165) is 29.3 Å². The molecule has 0 aliphatic heterocycles. The lowest BCUT2D eigenvalue weighted by molar-refractivity contribution is 0.129. The summed E-state index contributed by atoms with van der Waals surface area (Å²) in [5, 5.41) is 6.50. The van der Waals surface area contributed by atoms with E-state index in [-0.39, 0.29) is 5.60 Å². The number of aryl methyl sites for hydroxylation is 2. The number of nitrogens with one attached hydrogen (secondary N) is 2. The Bertz CT molecular complexity index is 725. The Morgan fingerprint density at radius 2 is 1.92 bits per heavy atom. The lowest BCUT2D eigenvalue weighted by atomic mass is 10.1. The topological polar surface area (TPSA) is 71.7 Å². The van der Waals surface area contributed by atoms with Gasteiger partial charge in [-0.3, -0.25) is 0 Å². The van der Waals surface area contributed by atoms with Gasteiger partial charge in [-0.25, -0.2) is 9.98 Å². The van der Waals surface area contributed by atoms with E-state index in [2.05, 4.69) is 20.6 Å². The number of hydrogen-bond donors (Lipinski definition) is 2. The number of benzene rings is 1. The third kappa shape index (κ3) is 6.10. The normalized spacial score (nSPS) is 12.2. The van der Waals surface area contributed by atoms with E-state index in [9.17, 15) is 0 Å². The van der Waals surface area contributed by atoms with Gasteiger partial charge in [-0.05, 0) is 47.6 Å². The highest BCUT2D eigenvalue weighted by Gasteiger charge is 2.14. The molecule has 2 rings (SSSR count). The predicted octanol–water partition coefficient (Wildman–Crippen LogP) is 3.72. The van der Waals surface area contributed by atoms with E-state index in [1.807, 2.05) is 65.8 Å². The van der Waals surface area contributed by atoms with Crippen molar-refractivity contribution in [2.75, 3.05) is 6.54 Å². The number of nitrogens with zero attached hydrogens (tertiary/aromatic N) is 2. The van der Waals surface area contributed by atoms with Crippen molar-refractivity contribution in [3.05, 3.63) is 47.2 Å². The van der Waals surface area contributed by atoms with Gasteiger partial charge >= 0.3 is 0 Å². The van der Waals surface area contributed by atoms with E-state index in [1.54, 1.807) is 0 Å². The summed E-state index contributed by atoms with van der Waals surface area (Å²) in [7, 11) is 0. The van der Waals surface area contributed by atoms with Gasteiger partial charge in [0.2, 0.25) is 5.89 Å². The number of ether oxygens (including phenoxy) is 1. The first-order valence-electron chi connectivity index (χ1n) is 9.00. The molecule has 0 aliphatic rings. The van der Waals surface area contributed by atoms with Crippen molar-refractivity contribution in [2.45, 2.75) is 60.2 Å². The predicted molar refractivity (Wildman–Crippen MR) is 104 cm³/mol. The van der Waals surface area contributed by atoms with Crippen molar-refractivity contribution in [2.24, 2.45) is 4.99 Å². The first-order valence-corrected chi connectivity index (χ1v) is 9.00. The number of guanidine groups is 1. The third-order valence-corrected chi connectivity index (χ3v) is 3.62. The number of hydrogen-bond acceptors (Lipinski definition) is 4. The molecule has 0 bridgehead atoms. The third-order valence-electron chi connectivity index (χ3n) is 3.62. The van der Waals surface area contributed by atoms with E-state index < -0.39 is 0 Å². The summed E-state index contributed by atoms with van der Waals surface area (Å²) in [5.41, 5.74) is 1.71. The maximum atomic E-state index is 6.04. The fourth-order valence-electron chi connectivity index (χ4n) is 2.34. The van der Waals surface area contributed by atoms with Crippen LogP contribution in [0, 0.1) is 13.8 Å². The molecule has 0 fully saturated rings. The monoisotopic (exact) mass is 358 g/mol. The summed E-state index contributed by atoms with van der Waals surface area (Å²) in [6.07, 6.45) is 0. The second kappa shape index (κ2) is 8.74. The first kappa shape index (κ1) is 19.8. The zero-order valence-electron chi connectivity index (χ0n) is 16.6. The molecule has 0 amide bonds. The lowest BCUT2D eigenvalue weighted by Crippen LogP contribution is -2.36. The number of para-hydroxylation sites is 1. The van der Waals surface area contributed by atoms with Crippen LogP contribution in [-0.4, -0.2) is 23.1 Å². The molecule has 0 aliphatic carbocycles. The van der Waals surface area contributed by atoms with Crippen LogP contribution in [0.15, 0.2) is 33.7 Å².